The standard InChI is InChI=1S/C12H24N2O/c1-2-11-9-15-8-7-14(11)12-5-3-10(13)4-6-12/h10-12H,2-9,13H2,1H3. The lowest BCUT2D eigenvalue weighted by molar-refractivity contribution is -0.0378. The minimum Gasteiger partial charge on any atom is -0.378 e. The van der Waals surface area contributed by atoms with Crippen molar-refractivity contribution in [3.8, 4) is 0 Å². The summed E-state index contributed by atoms with van der Waals surface area (Å²) in [5, 5.41) is 0. The van der Waals surface area contributed by atoms with Gasteiger partial charge in [0.15, 0.2) is 0 Å². The zero-order valence-corrected chi connectivity index (χ0v) is 9.82. The van der Waals surface area contributed by atoms with Crippen LogP contribution in [0.3, 0.4) is 0 Å². The maximum absolute atomic E-state index is 5.95. The number of nitrogens with two attached hydrogens (primary N) is 1. The summed E-state index contributed by atoms with van der Waals surface area (Å²) in [6, 6.07) is 1.89. The van der Waals surface area contributed by atoms with Gasteiger partial charge in [0.2, 0.25) is 0 Å². The summed E-state index contributed by atoms with van der Waals surface area (Å²) in [5.41, 5.74) is 5.95. The highest BCUT2D eigenvalue weighted by atomic mass is 16.5. The first-order valence-electron chi connectivity index (χ1n) is 6.40. The Kier molecular flexibility index (Phi) is 4.00. The van der Waals surface area contributed by atoms with Crippen LogP contribution in [0.4, 0.5) is 0 Å². The molecule has 0 bridgehead atoms. The van der Waals surface area contributed by atoms with E-state index in [0.717, 1.165) is 25.8 Å². The van der Waals surface area contributed by atoms with Gasteiger partial charge < -0.3 is 10.5 Å². The highest BCUT2D eigenvalue weighted by Gasteiger charge is 2.30. The molecule has 0 radical (unpaired) electrons. The van der Waals surface area contributed by atoms with Gasteiger partial charge in [0.05, 0.1) is 13.2 Å². The highest BCUT2D eigenvalue weighted by Crippen LogP contribution is 2.25. The number of ether oxygens (including phenoxy) is 1. The molecule has 1 saturated heterocycles. The first kappa shape index (κ1) is 11.4. The lowest BCUT2D eigenvalue weighted by atomic mass is 9.89. The second-order valence-corrected chi connectivity index (χ2v) is 4.94. The van der Waals surface area contributed by atoms with E-state index in [9.17, 15) is 0 Å². The number of morpholine rings is 1. The average molecular weight is 212 g/mol. The molecule has 1 unspecified atom stereocenters. The predicted molar refractivity (Wildman–Crippen MR) is 61.8 cm³/mol. The van der Waals surface area contributed by atoms with Gasteiger partial charge in [-0.3, -0.25) is 4.90 Å². The van der Waals surface area contributed by atoms with E-state index in [-0.39, 0.29) is 0 Å². The summed E-state index contributed by atoms with van der Waals surface area (Å²) in [5.74, 6) is 0. The van der Waals surface area contributed by atoms with Gasteiger partial charge in [-0.15, -0.1) is 0 Å². The van der Waals surface area contributed by atoms with Crippen molar-refractivity contribution in [1.82, 2.24) is 4.90 Å². The Morgan fingerprint density at radius 2 is 2.00 bits per heavy atom. The molecule has 0 aromatic carbocycles. The van der Waals surface area contributed by atoms with Crippen LogP contribution < -0.4 is 5.73 Å². The Morgan fingerprint density at radius 3 is 2.67 bits per heavy atom. The SMILES string of the molecule is CCC1COCCN1C1CCC(N)CC1. The Bertz CT molecular complexity index is 190. The van der Waals surface area contributed by atoms with Gasteiger partial charge in [0, 0.05) is 24.7 Å². The molecule has 2 aliphatic rings. The first-order chi connectivity index (χ1) is 7.31. The van der Waals surface area contributed by atoms with E-state index in [1.807, 2.05) is 0 Å². The predicted octanol–water partition coefficient (Wildman–Crippen LogP) is 1.37. The summed E-state index contributed by atoms with van der Waals surface area (Å²) >= 11 is 0. The van der Waals surface area contributed by atoms with Gasteiger partial charge in [-0.2, -0.15) is 0 Å². The fraction of sp³-hybridized carbons (Fsp3) is 1.00. The number of hydrogen-bond donors (Lipinski definition) is 1. The lowest BCUT2D eigenvalue weighted by Gasteiger charge is -2.43. The molecule has 0 aromatic rings. The molecule has 3 heteroatoms. The van der Waals surface area contributed by atoms with Crippen molar-refractivity contribution in [1.29, 1.82) is 0 Å². The fourth-order valence-corrected chi connectivity index (χ4v) is 2.93. The van der Waals surface area contributed by atoms with Gasteiger partial charge in [-0.05, 0) is 32.1 Å². The number of nitrogens with zero attached hydrogens (tertiary/aromatic N) is 1. The van der Waals surface area contributed by atoms with Crippen molar-refractivity contribution in [2.45, 2.75) is 57.2 Å². The van der Waals surface area contributed by atoms with Gasteiger partial charge in [0.25, 0.3) is 0 Å². The van der Waals surface area contributed by atoms with E-state index in [4.69, 9.17) is 10.5 Å². The third kappa shape index (κ3) is 2.71. The van der Waals surface area contributed by atoms with E-state index < -0.39 is 0 Å². The zero-order chi connectivity index (χ0) is 10.7. The molecule has 15 heavy (non-hydrogen) atoms. The van der Waals surface area contributed by atoms with Crippen LogP contribution in [0.2, 0.25) is 0 Å². The van der Waals surface area contributed by atoms with E-state index in [2.05, 4.69) is 11.8 Å². The Morgan fingerprint density at radius 1 is 1.27 bits per heavy atom. The van der Waals surface area contributed by atoms with E-state index in [0.29, 0.717) is 12.1 Å². The van der Waals surface area contributed by atoms with Crippen LogP contribution in [0.5, 0.6) is 0 Å². The second kappa shape index (κ2) is 5.28. The van der Waals surface area contributed by atoms with Crippen LogP contribution in [0.25, 0.3) is 0 Å². The second-order valence-electron chi connectivity index (χ2n) is 4.94. The molecule has 88 valence electrons. The first-order valence-corrected chi connectivity index (χ1v) is 6.40. The molecular formula is C12H24N2O. The van der Waals surface area contributed by atoms with Crippen LogP contribution in [-0.4, -0.2) is 42.8 Å². The molecule has 1 aliphatic carbocycles. The topological polar surface area (TPSA) is 38.5 Å². The molecule has 3 nitrogen and oxygen atoms in total. The third-order valence-corrected chi connectivity index (χ3v) is 3.95. The van der Waals surface area contributed by atoms with Crippen molar-refractivity contribution >= 4 is 0 Å². The Balaban J connectivity index is 1.90. The summed E-state index contributed by atoms with van der Waals surface area (Å²) < 4.78 is 5.55. The number of hydrogen-bond acceptors (Lipinski definition) is 3. The van der Waals surface area contributed by atoms with Crippen molar-refractivity contribution < 1.29 is 4.74 Å². The van der Waals surface area contributed by atoms with Crippen molar-refractivity contribution in [3.05, 3.63) is 0 Å². The summed E-state index contributed by atoms with van der Waals surface area (Å²) in [6.07, 6.45) is 6.20. The molecule has 2 rings (SSSR count). The van der Waals surface area contributed by atoms with Crippen LogP contribution in [0.1, 0.15) is 39.0 Å². The third-order valence-electron chi connectivity index (χ3n) is 3.95. The largest absolute Gasteiger partial charge is 0.378 e. The molecule has 1 saturated carbocycles. The lowest BCUT2D eigenvalue weighted by Crippen LogP contribution is -2.52. The van der Waals surface area contributed by atoms with Crippen molar-refractivity contribution in [3.63, 3.8) is 0 Å². The van der Waals surface area contributed by atoms with Crippen LogP contribution in [-0.2, 0) is 4.74 Å². The smallest absolute Gasteiger partial charge is 0.0622 e. The van der Waals surface area contributed by atoms with Gasteiger partial charge in [-0.1, -0.05) is 6.92 Å². The zero-order valence-electron chi connectivity index (χ0n) is 9.82. The van der Waals surface area contributed by atoms with Gasteiger partial charge in [0.1, 0.15) is 0 Å². The molecule has 1 heterocycles. The van der Waals surface area contributed by atoms with Crippen LogP contribution in [0.15, 0.2) is 0 Å². The molecular weight excluding hydrogens is 188 g/mol. The molecule has 1 atom stereocenters. The summed E-state index contributed by atoms with van der Waals surface area (Å²) in [4.78, 5) is 2.68. The quantitative estimate of drug-likeness (QED) is 0.751. The van der Waals surface area contributed by atoms with E-state index in [1.165, 1.54) is 32.1 Å². The van der Waals surface area contributed by atoms with E-state index in [1.54, 1.807) is 0 Å². The maximum atomic E-state index is 5.95. The Hall–Kier alpha value is -0.120. The minimum atomic E-state index is 0.461. The van der Waals surface area contributed by atoms with Crippen LogP contribution >= 0.6 is 0 Å². The monoisotopic (exact) mass is 212 g/mol. The van der Waals surface area contributed by atoms with Gasteiger partial charge >= 0.3 is 0 Å². The van der Waals surface area contributed by atoms with Crippen molar-refractivity contribution in [2.75, 3.05) is 19.8 Å². The maximum Gasteiger partial charge on any atom is 0.0622 e. The minimum absolute atomic E-state index is 0.461. The fourth-order valence-electron chi connectivity index (χ4n) is 2.93. The number of rotatable bonds is 2. The average Bonchev–Trinajstić information content (AvgIpc) is 2.30. The molecule has 2 N–H and O–H groups in total. The normalized spacial score (nSPS) is 39.2. The molecule has 0 amide bonds. The summed E-state index contributed by atoms with van der Waals surface area (Å²) in [7, 11) is 0. The molecule has 0 aromatic heterocycles. The molecule has 2 fully saturated rings. The summed E-state index contributed by atoms with van der Waals surface area (Å²) in [6.45, 7) is 5.23. The Labute approximate surface area is 93.0 Å². The molecule has 0 spiro atoms. The van der Waals surface area contributed by atoms with Gasteiger partial charge in [-0.25, -0.2) is 0 Å². The van der Waals surface area contributed by atoms with E-state index >= 15 is 0 Å². The van der Waals surface area contributed by atoms with Crippen LogP contribution in [0, 0.1) is 0 Å². The highest BCUT2D eigenvalue weighted by molar-refractivity contribution is 4.86. The molecule has 1 aliphatic heterocycles. The van der Waals surface area contributed by atoms with Crippen molar-refractivity contribution in [2.24, 2.45) is 5.73 Å².